The molecule has 0 aliphatic carbocycles. The molecular weight excluding hydrogens is 854 g/mol. The molecule has 0 unspecified atom stereocenters. The number of anilines is 4. The molecule has 2 amide bonds. The van der Waals surface area contributed by atoms with E-state index in [1.54, 1.807) is 65.6 Å². The van der Waals surface area contributed by atoms with Crippen LogP contribution in [-0.4, -0.2) is 77.5 Å². The molecule has 3 heterocycles. The van der Waals surface area contributed by atoms with E-state index in [2.05, 4.69) is 65.4 Å². The maximum Gasteiger partial charge on any atom is 0.258 e. The number of hydrogen-bond acceptors (Lipinski definition) is 9. The molecule has 6 aromatic rings. The van der Waals surface area contributed by atoms with Crippen molar-refractivity contribution in [1.82, 2.24) is 19.8 Å². The molecule has 1 aliphatic rings. The minimum Gasteiger partial charge on any atom is -0.380 e. The van der Waals surface area contributed by atoms with Crippen LogP contribution in [0.25, 0.3) is 0 Å². The lowest BCUT2D eigenvalue weighted by molar-refractivity contribution is 0.101. The number of amidine groups is 2. The van der Waals surface area contributed by atoms with Gasteiger partial charge in [-0.25, -0.2) is 9.97 Å². The van der Waals surface area contributed by atoms with Crippen LogP contribution in [0.1, 0.15) is 43.0 Å². The Morgan fingerprint density at radius 1 is 0.656 bits per heavy atom. The predicted octanol–water partition coefficient (Wildman–Crippen LogP) is 10.1. The number of carbonyl (C=O) groups excluding carboxylic acids is 2. The van der Waals surface area contributed by atoms with Gasteiger partial charge in [-0.1, -0.05) is 94.9 Å². The SMILES string of the molecule is CN(C)C(=N)c1ccc(CNc2ccc(Cl)cc2C(=O)Nc2ccc(Cl)cn2)cc1.CN1CCN=C1c1ccc(CNc2ccc(Cl)cc2C(=O)Nc2ccc(Cl)cn2)cc1. The average molecular weight is 897 g/mol. The highest BCUT2D eigenvalue weighted by Crippen LogP contribution is 2.25. The Labute approximate surface area is 374 Å². The van der Waals surface area contributed by atoms with Crippen LogP contribution < -0.4 is 21.3 Å². The molecule has 0 fully saturated rings. The molecule has 4 aromatic carbocycles. The second kappa shape index (κ2) is 20.9. The fraction of sp³-hybridized carbons (Fsp3) is 0.156. The van der Waals surface area contributed by atoms with E-state index >= 15 is 0 Å². The summed E-state index contributed by atoms with van der Waals surface area (Å²) >= 11 is 23.9. The standard InChI is InChI=1S/C23H21Cl2N5O.C22H21Cl2N5O/c1-30-11-10-26-22(30)16-4-2-15(3-5-16)13-27-20-8-6-17(24)12-19(20)23(31)29-21-9-7-18(25)14-28-21;1-29(2)21(25)15-5-3-14(4-6-15)12-26-19-9-7-16(23)11-18(19)22(30)28-20-10-8-17(24)13-27-20/h2-9,12,14,27H,10-11,13H2,1H3,(H,28,29,31);3-11,13,25-26H,12H2,1-2H3,(H,27,28,30). The Balaban J connectivity index is 0.000000204. The van der Waals surface area contributed by atoms with Gasteiger partial charge in [-0.3, -0.25) is 20.0 Å². The van der Waals surface area contributed by atoms with Gasteiger partial charge in [-0.05, 0) is 71.8 Å². The highest BCUT2D eigenvalue weighted by atomic mass is 35.5. The molecular formula is C45H42Cl4N10O2. The predicted molar refractivity (Wildman–Crippen MR) is 249 cm³/mol. The van der Waals surface area contributed by atoms with Gasteiger partial charge in [0.05, 0.1) is 27.7 Å². The topological polar surface area (TPSA) is 151 Å². The third kappa shape index (κ3) is 12.4. The van der Waals surface area contributed by atoms with E-state index in [-0.39, 0.29) is 11.8 Å². The molecule has 0 radical (unpaired) electrons. The number of pyridine rings is 2. The Morgan fingerprint density at radius 2 is 1.11 bits per heavy atom. The third-order valence-corrected chi connectivity index (χ3v) is 10.2. The van der Waals surface area contributed by atoms with Crippen LogP contribution in [0.2, 0.25) is 20.1 Å². The largest absolute Gasteiger partial charge is 0.380 e. The minimum absolute atomic E-state index is 0.308. The van der Waals surface area contributed by atoms with Gasteiger partial charge in [0.2, 0.25) is 0 Å². The van der Waals surface area contributed by atoms with Crippen LogP contribution in [0.4, 0.5) is 23.0 Å². The van der Waals surface area contributed by atoms with E-state index in [9.17, 15) is 9.59 Å². The fourth-order valence-electron chi connectivity index (χ4n) is 6.03. The van der Waals surface area contributed by atoms with Gasteiger partial charge >= 0.3 is 0 Å². The lowest BCUT2D eigenvalue weighted by Crippen LogP contribution is -2.23. The van der Waals surface area contributed by atoms with Crippen LogP contribution in [-0.2, 0) is 13.1 Å². The van der Waals surface area contributed by atoms with E-state index in [0.29, 0.717) is 73.2 Å². The second-order valence-electron chi connectivity index (χ2n) is 14.0. The number of likely N-dealkylation sites (N-methyl/N-ethyl adjacent to an activating group) is 1. The number of nitrogens with zero attached hydrogens (tertiary/aromatic N) is 5. The molecule has 5 N–H and O–H groups in total. The summed E-state index contributed by atoms with van der Waals surface area (Å²) in [6.07, 6.45) is 2.95. The summed E-state index contributed by atoms with van der Waals surface area (Å²) in [6.45, 7) is 2.86. The van der Waals surface area contributed by atoms with E-state index in [4.69, 9.17) is 51.8 Å². The molecule has 7 rings (SSSR count). The summed E-state index contributed by atoms with van der Waals surface area (Å²) in [6, 6.07) is 32.8. The van der Waals surface area contributed by atoms with Gasteiger partial charge in [0.1, 0.15) is 23.3 Å². The summed E-state index contributed by atoms with van der Waals surface area (Å²) < 4.78 is 0. The van der Waals surface area contributed by atoms with Gasteiger partial charge in [-0.2, -0.15) is 0 Å². The zero-order valence-corrected chi connectivity index (χ0v) is 36.5. The number of carbonyl (C=O) groups is 2. The van der Waals surface area contributed by atoms with E-state index in [1.165, 1.54) is 12.4 Å². The van der Waals surface area contributed by atoms with Gasteiger partial charge in [0, 0.05) is 85.7 Å². The molecule has 2 aromatic heterocycles. The number of aromatic nitrogens is 2. The lowest BCUT2D eigenvalue weighted by atomic mass is 10.1. The molecule has 0 bridgehead atoms. The summed E-state index contributed by atoms with van der Waals surface area (Å²) in [7, 11) is 5.73. The van der Waals surface area contributed by atoms with Crippen molar-refractivity contribution in [1.29, 1.82) is 5.41 Å². The van der Waals surface area contributed by atoms with Crippen LogP contribution in [0.5, 0.6) is 0 Å². The first-order chi connectivity index (χ1) is 29.3. The first kappa shape index (κ1) is 44.4. The van der Waals surface area contributed by atoms with Crippen molar-refractivity contribution >= 4 is 92.9 Å². The lowest BCUT2D eigenvalue weighted by Gasteiger charge is -2.15. The maximum absolute atomic E-state index is 12.8. The first-order valence-electron chi connectivity index (χ1n) is 19.0. The van der Waals surface area contributed by atoms with Crippen molar-refractivity contribution in [2.45, 2.75) is 13.1 Å². The fourth-order valence-corrected chi connectivity index (χ4v) is 6.60. The number of halogens is 4. The number of aliphatic imine (C=N–C) groups is 1. The van der Waals surface area contributed by atoms with Gasteiger partial charge in [0.15, 0.2) is 0 Å². The van der Waals surface area contributed by atoms with Gasteiger partial charge in [0.25, 0.3) is 11.8 Å². The van der Waals surface area contributed by atoms with Gasteiger partial charge in [-0.15, -0.1) is 0 Å². The minimum atomic E-state index is -0.329. The average Bonchev–Trinajstić information content (AvgIpc) is 3.70. The van der Waals surface area contributed by atoms with Crippen LogP contribution in [0.15, 0.2) is 127 Å². The number of rotatable bonds is 12. The second-order valence-corrected chi connectivity index (χ2v) is 15.7. The number of nitrogens with one attached hydrogen (secondary N) is 5. The summed E-state index contributed by atoms with van der Waals surface area (Å²) in [5, 5.41) is 22.1. The molecule has 312 valence electrons. The zero-order chi connectivity index (χ0) is 43.5. The van der Waals surface area contributed by atoms with Crippen molar-refractivity contribution in [2.75, 3.05) is 55.5 Å². The smallest absolute Gasteiger partial charge is 0.258 e. The van der Waals surface area contributed by atoms with Crippen molar-refractivity contribution in [3.05, 3.63) is 175 Å². The van der Waals surface area contributed by atoms with Crippen molar-refractivity contribution < 1.29 is 9.59 Å². The van der Waals surface area contributed by atoms with Crippen LogP contribution in [0, 0.1) is 5.41 Å². The highest BCUT2D eigenvalue weighted by Gasteiger charge is 2.17. The van der Waals surface area contributed by atoms with E-state index in [0.717, 1.165) is 41.2 Å². The molecule has 61 heavy (non-hydrogen) atoms. The third-order valence-electron chi connectivity index (χ3n) is 9.30. The van der Waals surface area contributed by atoms with Crippen molar-refractivity contribution in [3.63, 3.8) is 0 Å². The molecule has 0 saturated carbocycles. The Morgan fingerprint density at radius 3 is 1.52 bits per heavy atom. The molecule has 16 heteroatoms. The molecule has 0 spiro atoms. The highest BCUT2D eigenvalue weighted by molar-refractivity contribution is 6.32. The van der Waals surface area contributed by atoms with Crippen LogP contribution >= 0.6 is 46.4 Å². The summed E-state index contributed by atoms with van der Waals surface area (Å²) in [5.41, 5.74) is 6.22. The van der Waals surface area contributed by atoms with E-state index in [1.807, 2.05) is 45.4 Å². The quantitative estimate of drug-likeness (QED) is 0.0602. The Bertz CT molecular complexity index is 2520. The molecule has 0 atom stereocenters. The molecule has 1 aliphatic heterocycles. The Kier molecular flexibility index (Phi) is 15.2. The Hall–Kier alpha value is -6.18. The van der Waals surface area contributed by atoms with E-state index < -0.39 is 0 Å². The molecule has 12 nitrogen and oxygen atoms in total. The summed E-state index contributed by atoms with van der Waals surface area (Å²) in [5.74, 6) is 1.64. The number of amides is 2. The van der Waals surface area contributed by atoms with Crippen molar-refractivity contribution in [2.24, 2.45) is 4.99 Å². The number of hydrogen-bond donors (Lipinski definition) is 5. The normalized spacial score (nSPS) is 11.8. The first-order valence-corrected chi connectivity index (χ1v) is 20.5. The zero-order valence-electron chi connectivity index (χ0n) is 33.4. The monoisotopic (exact) mass is 894 g/mol. The van der Waals surface area contributed by atoms with Crippen molar-refractivity contribution in [3.8, 4) is 0 Å². The summed E-state index contributed by atoms with van der Waals surface area (Å²) in [4.78, 5) is 42.2. The van der Waals surface area contributed by atoms with Crippen LogP contribution in [0.3, 0.4) is 0 Å². The number of benzene rings is 4. The maximum atomic E-state index is 12.8. The van der Waals surface area contributed by atoms with Gasteiger partial charge < -0.3 is 31.1 Å². The molecule has 0 saturated heterocycles.